The maximum Gasteiger partial charge on any atom is 0.573 e. The Kier molecular flexibility index (Phi) is 6.20. The van der Waals surface area contributed by atoms with Gasteiger partial charge in [0.2, 0.25) is 5.95 Å². The van der Waals surface area contributed by atoms with Crippen LogP contribution in [0.4, 0.5) is 24.8 Å². The van der Waals surface area contributed by atoms with Gasteiger partial charge >= 0.3 is 6.36 Å². The number of ether oxygens (including phenoxy) is 1. The van der Waals surface area contributed by atoms with Crippen LogP contribution < -0.4 is 10.1 Å². The summed E-state index contributed by atoms with van der Waals surface area (Å²) in [5.41, 5.74) is 5.39. The quantitative estimate of drug-likeness (QED) is 0.291. The molecule has 2 unspecified atom stereocenters. The molecular formula is C28H31F3N4O2. The molecule has 2 atom stereocenters. The lowest BCUT2D eigenvalue weighted by molar-refractivity contribution is -0.274. The SMILES string of the molecule is Cc1noc(C)c1-c1ccc2c(c1)nc(Nc1ccc(OC(F)(F)F)cc1)n2C1CC(C)CC(C)(C)C1. The summed E-state index contributed by atoms with van der Waals surface area (Å²) >= 11 is 0. The summed E-state index contributed by atoms with van der Waals surface area (Å²) in [6.07, 6.45) is -1.54. The second-order valence-electron chi connectivity index (χ2n) is 11.0. The highest BCUT2D eigenvalue weighted by atomic mass is 19.4. The third-order valence-electron chi connectivity index (χ3n) is 7.08. The van der Waals surface area contributed by atoms with Crippen molar-refractivity contribution in [2.24, 2.45) is 11.3 Å². The number of alkyl halides is 3. The van der Waals surface area contributed by atoms with Crippen LogP contribution in [-0.4, -0.2) is 21.1 Å². The van der Waals surface area contributed by atoms with Gasteiger partial charge in [0.25, 0.3) is 0 Å². The van der Waals surface area contributed by atoms with Crippen LogP contribution in [0.5, 0.6) is 5.75 Å². The van der Waals surface area contributed by atoms with Crippen LogP contribution in [0.2, 0.25) is 0 Å². The standard InChI is InChI=1S/C28H31F3N4O2/c1-16-12-21(15-27(4,5)14-16)35-24-11-6-19(25-17(2)34-37-18(25)3)13-23(24)33-26(35)32-20-7-9-22(10-8-20)36-28(29,30)31/h6-11,13,16,21H,12,14-15H2,1-5H3,(H,32,33). The molecule has 6 nitrogen and oxygen atoms in total. The average Bonchev–Trinajstić information content (AvgIpc) is 3.30. The van der Waals surface area contributed by atoms with Crippen LogP contribution >= 0.6 is 0 Å². The molecule has 196 valence electrons. The van der Waals surface area contributed by atoms with Crippen molar-refractivity contribution in [3.05, 3.63) is 53.9 Å². The largest absolute Gasteiger partial charge is 0.573 e. The zero-order valence-electron chi connectivity index (χ0n) is 21.6. The second-order valence-corrected chi connectivity index (χ2v) is 11.0. The molecule has 2 heterocycles. The highest BCUT2D eigenvalue weighted by Gasteiger charge is 2.35. The summed E-state index contributed by atoms with van der Waals surface area (Å²) in [6, 6.07) is 12.1. The lowest BCUT2D eigenvalue weighted by atomic mass is 9.70. The molecule has 1 fully saturated rings. The number of hydrogen-bond donors (Lipinski definition) is 1. The Morgan fingerprint density at radius 1 is 1.08 bits per heavy atom. The third kappa shape index (κ3) is 5.31. The predicted molar refractivity (Wildman–Crippen MR) is 137 cm³/mol. The molecule has 1 N–H and O–H groups in total. The fourth-order valence-corrected chi connectivity index (χ4v) is 5.97. The van der Waals surface area contributed by atoms with Gasteiger partial charge in [-0.2, -0.15) is 0 Å². The average molecular weight is 513 g/mol. The molecule has 0 aliphatic heterocycles. The van der Waals surface area contributed by atoms with E-state index in [0.717, 1.165) is 52.9 Å². The first kappa shape index (κ1) is 25.2. The van der Waals surface area contributed by atoms with Gasteiger partial charge in [0.1, 0.15) is 11.5 Å². The Hall–Kier alpha value is -3.49. The first-order valence-electron chi connectivity index (χ1n) is 12.5. The molecular weight excluding hydrogens is 481 g/mol. The van der Waals surface area contributed by atoms with Crippen molar-refractivity contribution < 1.29 is 22.4 Å². The maximum absolute atomic E-state index is 12.6. The maximum atomic E-state index is 12.6. The van der Waals surface area contributed by atoms with Crippen molar-refractivity contribution in [3.63, 3.8) is 0 Å². The van der Waals surface area contributed by atoms with Crippen molar-refractivity contribution in [2.45, 2.75) is 66.3 Å². The zero-order chi connectivity index (χ0) is 26.5. The molecule has 0 radical (unpaired) electrons. The Bertz CT molecular complexity index is 1400. The minimum absolute atomic E-state index is 0.184. The van der Waals surface area contributed by atoms with Crippen molar-refractivity contribution in [1.29, 1.82) is 0 Å². The molecule has 37 heavy (non-hydrogen) atoms. The molecule has 0 amide bonds. The number of fused-ring (bicyclic) bond motifs is 1. The number of benzene rings is 2. The number of imidazole rings is 1. The number of nitrogens with zero attached hydrogens (tertiary/aromatic N) is 3. The normalized spacial score (nSPS) is 19.8. The predicted octanol–water partition coefficient (Wildman–Crippen LogP) is 8.34. The van der Waals surface area contributed by atoms with E-state index in [9.17, 15) is 13.2 Å². The summed E-state index contributed by atoms with van der Waals surface area (Å²) in [5.74, 6) is 1.70. The summed E-state index contributed by atoms with van der Waals surface area (Å²) < 4.78 is 49.4. The molecule has 9 heteroatoms. The van der Waals surface area contributed by atoms with Crippen molar-refractivity contribution in [2.75, 3.05) is 5.32 Å². The van der Waals surface area contributed by atoms with Crippen LogP contribution in [0, 0.1) is 25.2 Å². The number of aromatic nitrogens is 3. The van der Waals surface area contributed by atoms with E-state index in [4.69, 9.17) is 9.51 Å². The summed E-state index contributed by atoms with van der Waals surface area (Å²) in [4.78, 5) is 4.96. The lowest BCUT2D eigenvalue weighted by Gasteiger charge is -2.40. The Balaban J connectivity index is 1.56. The van der Waals surface area contributed by atoms with Gasteiger partial charge in [0.15, 0.2) is 0 Å². The summed E-state index contributed by atoms with van der Waals surface area (Å²) in [7, 11) is 0. The van der Waals surface area contributed by atoms with Crippen LogP contribution in [0.15, 0.2) is 47.0 Å². The van der Waals surface area contributed by atoms with Crippen molar-refractivity contribution >= 4 is 22.7 Å². The van der Waals surface area contributed by atoms with E-state index in [2.05, 4.69) is 52.7 Å². The lowest BCUT2D eigenvalue weighted by Crippen LogP contribution is -2.29. The van der Waals surface area contributed by atoms with Gasteiger partial charge in [-0.25, -0.2) is 4.98 Å². The highest BCUT2D eigenvalue weighted by Crippen LogP contribution is 2.46. The van der Waals surface area contributed by atoms with E-state index in [0.29, 0.717) is 17.6 Å². The first-order valence-corrected chi connectivity index (χ1v) is 12.5. The van der Waals surface area contributed by atoms with Gasteiger partial charge < -0.3 is 19.1 Å². The Morgan fingerprint density at radius 3 is 2.43 bits per heavy atom. The fraction of sp³-hybridized carbons (Fsp3) is 0.429. The van der Waals surface area contributed by atoms with Gasteiger partial charge in [0, 0.05) is 17.3 Å². The van der Waals surface area contributed by atoms with E-state index < -0.39 is 6.36 Å². The minimum atomic E-state index is -4.73. The van der Waals surface area contributed by atoms with E-state index >= 15 is 0 Å². The summed E-state index contributed by atoms with van der Waals surface area (Å²) in [6.45, 7) is 10.7. The number of hydrogen-bond acceptors (Lipinski definition) is 5. The van der Waals surface area contributed by atoms with Crippen LogP contribution in [0.1, 0.15) is 57.5 Å². The monoisotopic (exact) mass is 512 g/mol. The molecule has 0 spiro atoms. The first-order chi connectivity index (χ1) is 17.4. The zero-order valence-corrected chi connectivity index (χ0v) is 21.6. The van der Waals surface area contributed by atoms with Crippen LogP contribution in [0.3, 0.4) is 0 Å². The van der Waals surface area contributed by atoms with E-state index in [1.807, 2.05) is 19.9 Å². The van der Waals surface area contributed by atoms with Crippen LogP contribution in [-0.2, 0) is 0 Å². The fourth-order valence-electron chi connectivity index (χ4n) is 5.97. The number of halogens is 3. The molecule has 2 aromatic heterocycles. The second kappa shape index (κ2) is 9.11. The Labute approximate surface area is 213 Å². The topological polar surface area (TPSA) is 65.1 Å². The number of anilines is 2. The van der Waals surface area contributed by atoms with Gasteiger partial charge in [-0.3, -0.25) is 0 Å². The van der Waals surface area contributed by atoms with Crippen molar-refractivity contribution in [1.82, 2.24) is 14.7 Å². The molecule has 1 aliphatic carbocycles. The minimum Gasteiger partial charge on any atom is -0.406 e. The van der Waals surface area contributed by atoms with Crippen LogP contribution in [0.25, 0.3) is 22.2 Å². The Morgan fingerprint density at radius 2 is 1.81 bits per heavy atom. The summed E-state index contributed by atoms with van der Waals surface area (Å²) in [5, 5.41) is 7.44. The molecule has 0 bridgehead atoms. The molecule has 0 saturated heterocycles. The van der Waals surface area contributed by atoms with E-state index in [1.54, 1.807) is 12.1 Å². The molecule has 5 rings (SSSR count). The van der Waals surface area contributed by atoms with Gasteiger partial charge in [0.05, 0.1) is 16.7 Å². The smallest absolute Gasteiger partial charge is 0.406 e. The van der Waals surface area contributed by atoms with E-state index in [-0.39, 0.29) is 17.2 Å². The molecule has 1 aliphatic rings. The van der Waals surface area contributed by atoms with Gasteiger partial charge in [-0.15, -0.1) is 13.2 Å². The number of nitrogens with one attached hydrogen (secondary N) is 1. The molecule has 2 aromatic carbocycles. The number of aryl methyl sites for hydroxylation is 2. The third-order valence-corrected chi connectivity index (χ3v) is 7.08. The molecule has 4 aromatic rings. The van der Waals surface area contributed by atoms with Crippen molar-refractivity contribution in [3.8, 4) is 16.9 Å². The number of rotatable bonds is 5. The van der Waals surface area contributed by atoms with E-state index in [1.165, 1.54) is 12.1 Å². The molecule has 1 saturated carbocycles. The van der Waals surface area contributed by atoms with Gasteiger partial charge in [-0.1, -0.05) is 32.0 Å². The highest BCUT2D eigenvalue weighted by molar-refractivity contribution is 5.86. The van der Waals surface area contributed by atoms with Gasteiger partial charge in [-0.05, 0) is 86.4 Å².